The van der Waals surface area contributed by atoms with Gasteiger partial charge in [0.05, 0.1) is 0 Å². The predicted molar refractivity (Wildman–Crippen MR) is 84.9 cm³/mol. The fraction of sp³-hybridized carbons (Fsp3) is 0.474. The van der Waals surface area contributed by atoms with Crippen LogP contribution in [0.15, 0.2) is 42.5 Å². The normalized spacial score (nSPS) is 28.9. The second-order valence-corrected chi connectivity index (χ2v) is 6.58. The average molecular weight is 265 g/mol. The third-order valence-corrected chi connectivity index (χ3v) is 5.46. The SMILES string of the molecule is c1ccc2c(CCC3CN4CCC3CC4)cccc2c1. The monoisotopic (exact) mass is 265 g/mol. The Morgan fingerprint density at radius 2 is 1.75 bits per heavy atom. The van der Waals surface area contributed by atoms with Gasteiger partial charge in [-0.3, -0.25) is 0 Å². The lowest BCUT2D eigenvalue weighted by molar-refractivity contribution is 0.0470. The van der Waals surface area contributed by atoms with Crippen LogP contribution in [0.2, 0.25) is 0 Å². The Bertz CT molecular complexity index is 590. The van der Waals surface area contributed by atoms with E-state index in [2.05, 4.69) is 47.4 Å². The number of piperidine rings is 3. The van der Waals surface area contributed by atoms with Crippen molar-refractivity contribution in [2.75, 3.05) is 19.6 Å². The molecule has 0 amide bonds. The highest BCUT2D eigenvalue weighted by atomic mass is 15.1. The minimum Gasteiger partial charge on any atom is -0.303 e. The van der Waals surface area contributed by atoms with Crippen LogP contribution in [0.3, 0.4) is 0 Å². The summed E-state index contributed by atoms with van der Waals surface area (Å²) in [5.41, 5.74) is 1.54. The van der Waals surface area contributed by atoms with Crippen LogP contribution < -0.4 is 0 Å². The molecule has 1 heteroatoms. The summed E-state index contributed by atoms with van der Waals surface area (Å²) in [6.07, 6.45) is 5.51. The smallest absolute Gasteiger partial charge is 0.00124 e. The van der Waals surface area contributed by atoms with Gasteiger partial charge in [-0.05, 0) is 66.9 Å². The molecule has 0 aromatic heterocycles. The molecule has 20 heavy (non-hydrogen) atoms. The number of hydrogen-bond donors (Lipinski definition) is 0. The van der Waals surface area contributed by atoms with Crippen molar-refractivity contribution in [1.29, 1.82) is 0 Å². The van der Waals surface area contributed by atoms with E-state index < -0.39 is 0 Å². The molecule has 0 spiro atoms. The maximum absolute atomic E-state index is 2.67. The Labute approximate surface area is 121 Å². The predicted octanol–water partition coefficient (Wildman–Crippen LogP) is 4.11. The summed E-state index contributed by atoms with van der Waals surface area (Å²) in [5.74, 6) is 1.95. The lowest BCUT2D eigenvalue weighted by Crippen LogP contribution is -2.47. The molecule has 104 valence electrons. The first-order valence-corrected chi connectivity index (χ1v) is 8.09. The Hall–Kier alpha value is -1.34. The summed E-state index contributed by atoms with van der Waals surface area (Å²) in [4.78, 5) is 2.67. The molecular formula is C19H23N. The van der Waals surface area contributed by atoms with Crippen molar-refractivity contribution in [2.24, 2.45) is 11.8 Å². The van der Waals surface area contributed by atoms with Gasteiger partial charge in [-0.25, -0.2) is 0 Å². The van der Waals surface area contributed by atoms with E-state index in [1.165, 1.54) is 56.1 Å². The van der Waals surface area contributed by atoms with E-state index in [1.54, 1.807) is 5.56 Å². The standard InChI is InChI=1S/C19H23N/c1-2-7-19-16(4-1)5-3-6-17(19)8-9-18-14-20-12-10-15(18)11-13-20/h1-7,15,18H,8-14H2. The lowest BCUT2D eigenvalue weighted by Gasteiger charge is -2.45. The minimum absolute atomic E-state index is 0.941. The molecule has 3 heterocycles. The topological polar surface area (TPSA) is 3.24 Å². The van der Waals surface area contributed by atoms with Crippen LogP contribution in [0.4, 0.5) is 0 Å². The zero-order chi connectivity index (χ0) is 13.4. The van der Waals surface area contributed by atoms with E-state index in [0.717, 1.165) is 11.8 Å². The average Bonchev–Trinajstić information content (AvgIpc) is 2.54. The molecule has 2 bridgehead atoms. The number of hydrogen-bond acceptors (Lipinski definition) is 1. The number of fused-ring (bicyclic) bond motifs is 4. The summed E-state index contributed by atoms with van der Waals surface area (Å²) in [7, 11) is 0. The van der Waals surface area contributed by atoms with Crippen LogP contribution >= 0.6 is 0 Å². The van der Waals surface area contributed by atoms with Gasteiger partial charge in [0.2, 0.25) is 0 Å². The highest BCUT2D eigenvalue weighted by Gasteiger charge is 2.33. The van der Waals surface area contributed by atoms with Crippen LogP contribution in [0.25, 0.3) is 10.8 Å². The van der Waals surface area contributed by atoms with Crippen molar-refractivity contribution in [1.82, 2.24) is 4.90 Å². The molecule has 0 aliphatic carbocycles. The maximum atomic E-state index is 2.67. The third-order valence-electron chi connectivity index (χ3n) is 5.46. The Morgan fingerprint density at radius 3 is 2.55 bits per heavy atom. The van der Waals surface area contributed by atoms with E-state index in [0.29, 0.717) is 0 Å². The summed E-state index contributed by atoms with van der Waals surface area (Å²) in [6, 6.07) is 15.6. The molecule has 3 saturated heterocycles. The molecule has 0 N–H and O–H groups in total. The number of nitrogens with zero attached hydrogens (tertiary/aromatic N) is 1. The summed E-state index contributed by atoms with van der Waals surface area (Å²) in [6.45, 7) is 4.07. The van der Waals surface area contributed by atoms with E-state index in [9.17, 15) is 0 Å². The highest BCUT2D eigenvalue weighted by molar-refractivity contribution is 5.85. The zero-order valence-corrected chi connectivity index (χ0v) is 12.1. The van der Waals surface area contributed by atoms with Crippen LogP contribution in [-0.4, -0.2) is 24.5 Å². The molecule has 1 nitrogen and oxygen atoms in total. The van der Waals surface area contributed by atoms with Gasteiger partial charge < -0.3 is 4.90 Å². The van der Waals surface area contributed by atoms with Gasteiger partial charge in [0.1, 0.15) is 0 Å². The van der Waals surface area contributed by atoms with Crippen molar-refractivity contribution in [2.45, 2.75) is 25.7 Å². The number of benzene rings is 2. The molecule has 5 rings (SSSR count). The van der Waals surface area contributed by atoms with Gasteiger partial charge in [0, 0.05) is 6.54 Å². The Morgan fingerprint density at radius 1 is 0.950 bits per heavy atom. The van der Waals surface area contributed by atoms with Gasteiger partial charge >= 0.3 is 0 Å². The van der Waals surface area contributed by atoms with Gasteiger partial charge in [-0.1, -0.05) is 42.5 Å². The number of rotatable bonds is 3. The fourth-order valence-corrected chi connectivity index (χ4v) is 4.27. The zero-order valence-electron chi connectivity index (χ0n) is 12.1. The Balaban J connectivity index is 1.51. The van der Waals surface area contributed by atoms with E-state index >= 15 is 0 Å². The minimum atomic E-state index is 0.941. The molecule has 3 aliphatic heterocycles. The fourth-order valence-electron chi connectivity index (χ4n) is 4.27. The molecular weight excluding hydrogens is 242 g/mol. The van der Waals surface area contributed by atoms with Gasteiger partial charge in [-0.2, -0.15) is 0 Å². The van der Waals surface area contributed by atoms with Crippen LogP contribution in [0.5, 0.6) is 0 Å². The largest absolute Gasteiger partial charge is 0.303 e. The van der Waals surface area contributed by atoms with E-state index in [4.69, 9.17) is 0 Å². The molecule has 0 radical (unpaired) electrons. The van der Waals surface area contributed by atoms with Gasteiger partial charge in [-0.15, -0.1) is 0 Å². The maximum Gasteiger partial charge on any atom is 0.00124 e. The first-order valence-electron chi connectivity index (χ1n) is 8.09. The lowest BCUT2D eigenvalue weighted by atomic mass is 9.76. The molecule has 3 fully saturated rings. The van der Waals surface area contributed by atoms with Crippen LogP contribution in [0, 0.1) is 11.8 Å². The molecule has 0 saturated carbocycles. The van der Waals surface area contributed by atoms with Crippen molar-refractivity contribution < 1.29 is 0 Å². The molecule has 2 aromatic rings. The van der Waals surface area contributed by atoms with Crippen molar-refractivity contribution in [3.8, 4) is 0 Å². The second kappa shape index (κ2) is 5.21. The summed E-state index contributed by atoms with van der Waals surface area (Å²) >= 11 is 0. The molecule has 2 aromatic carbocycles. The second-order valence-electron chi connectivity index (χ2n) is 6.58. The summed E-state index contributed by atoms with van der Waals surface area (Å²) in [5, 5.41) is 2.84. The third kappa shape index (κ3) is 2.25. The number of aryl methyl sites for hydroxylation is 1. The van der Waals surface area contributed by atoms with Gasteiger partial charge in [0.25, 0.3) is 0 Å². The van der Waals surface area contributed by atoms with Crippen LogP contribution in [-0.2, 0) is 6.42 Å². The first-order chi connectivity index (χ1) is 9.90. The highest BCUT2D eigenvalue weighted by Crippen LogP contribution is 2.35. The molecule has 1 unspecified atom stereocenters. The summed E-state index contributed by atoms with van der Waals surface area (Å²) < 4.78 is 0. The quantitative estimate of drug-likeness (QED) is 0.807. The van der Waals surface area contributed by atoms with E-state index in [1.807, 2.05) is 0 Å². The van der Waals surface area contributed by atoms with Crippen molar-refractivity contribution >= 4 is 10.8 Å². The molecule has 3 aliphatic rings. The van der Waals surface area contributed by atoms with Crippen molar-refractivity contribution in [3.63, 3.8) is 0 Å². The molecule has 1 atom stereocenters. The first kappa shape index (κ1) is 12.4. The van der Waals surface area contributed by atoms with Crippen molar-refractivity contribution in [3.05, 3.63) is 48.0 Å². The Kier molecular flexibility index (Phi) is 3.23. The van der Waals surface area contributed by atoms with Gasteiger partial charge in [0.15, 0.2) is 0 Å². The van der Waals surface area contributed by atoms with E-state index in [-0.39, 0.29) is 0 Å². The van der Waals surface area contributed by atoms with Crippen LogP contribution in [0.1, 0.15) is 24.8 Å².